The fourth-order valence-electron chi connectivity index (χ4n) is 1.95. The molecule has 0 fully saturated rings. The van der Waals surface area contributed by atoms with Crippen LogP contribution in [0.25, 0.3) is 11.0 Å². The number of aromatic amines is 1. The van der Waals surface area contributed by atoms with Gasteiger partial charge in [0.1, 0.15) is 0 Å². The van der Waals surface area contributed by atoms with Crippen molar-refractivity contribution in [3.63, 3.8) is 0 Å². The van der Waals surface area contributed by atoms with Crippen LogP contribution in [0.4, 0.5) is 0 Å². The number of fused-ring (bicyclic) bond motifs is 1. The van der Waals surface area contributed by atoms with Gasteiger partial charge < -0.3 is 19.0 Å². The van der Waals surface area contributed by atoms with Crippen molar-refractivity contribution in [2.75, 3.05) is 26.9 Å². The van der Waals surface area contributed by atoms with E-state index in [0.717, 1.165) is 22.3 Å². The maximum atomic E-state index is 5.48. The summed E-state index contributed by atoms with van der Waals surface area (Å²) in [4.78, 5) is 3.24. The van der Waals surface area contributed by atoms with E-state index in [2.05, 4.69) is 28.6 Å². The molecule has 1 N–H and O–H groups in total. The number of hydrogen-bond acceptors (Lipinski definition) is 3. The van der Waals surface area contributed by atoms with Gasteiger partial charge in [-0.2, -0.15) is 0 Å². The molecule has 0 bridgehead atoms. The highest BCUT2D eigenvalue weighted by molar-refractivity contribution is 7.71. The third kappa shape index (κ3) is 2.80. The molecule has 2 rings (SSSR count). The molecule has 0 saturated heterocycles. The Labute approximate surface area is 112 Å². The first-order valence-corrected chi connectivity index (χ1v) is 6.39. The first-order valence-electron chi connectivity index (χ1n) is 5.99. The Morgan fingerprint density at radius 1 is 1.28 bits per heavy atom. The molecule has 0 aliphatic heterocycles. The van der Waals surface area contributed by atoms with Gasteiger partial charge in [-0.25, -0.2) is 0 Å². The summed E-state index contributed by atoms with van der Waals surface area (Å²) in [5, 5.41) is 0. The molecule has 0 aliphatic carbocycles. The third-order valence-electron chi connectivity index (χ3n) is 2.91. The summed E-state index contributed by atoms with van der Waals surface area (Å²) in [5.74, 6) is 0. The normalized spacial score (nSPS) is 11.2. The van der Waals surface area contributed by atoms with Gasteiger partial charge in [-0.05, 0) is 30.8 Å². The highest BCUT2D eigenvalue weighted by Crippen LogP contribution is 2.17. The van der Waals surface area contributed by atoms with E-state index in [1.807, 2.05) is 6.07 Å². The molecule has 1 heterocycles. The van der Waals surface area contributed by atoms with E-state index < -0.39 is 0 Å². The molecule has 18 heavy (non-hydrogen) atoms. The Morgan fingerprint density at radius 2 is 2.11 bits per heavy atom. The number of aryl methyl sites for hydroxylation is 1. The van der Waals surface area contributed by atoms with Crippen LogP contribution < -0.4 is 0 Å². The Balaban J connectivity index is 2.11. The number of nitrogens with one attached hydrogen (secondary N) is 1. The van der Waals surface area contributed by atoms with E-state index in [1.165, 1.54) is 5.56 Å². The molecule has 98 valence electrons. The number of H-pyrrole nitrogens is 1. The number of benzene rings is 1. The van der Waals surface area contributed by atoms with Crippen LogP contribution in [0.2, 0.25) is 0 Å². The Kier molecular flexibility index (Phi) is 4.52. The third-order valence-corrected chi connectivity index (χ3v) is 3.23. The minimum Gasteiger partial charge on any atom is -0.382 e. The summed E-state index contributed by atoms with van der Waals surface area (Å²) in [6, 6.07) is 6.19. The number of nitrogens with zero attached hydrogens (tertiary/aromatic N) is 1. The summed E-state index contributed by atoms with van der Waals surface area (Å²) in [5.41, 5.74) is 3.45. The Hall–Kier alpha value is -1.17. The van der Waals surface area contributed by atoms with Gasteiger partial charge in [0.2, 0.25) is 0 Å². The predicted molar refractivity (Wildman–Crippen MR) is 74.6 cm³/mol. The number of methoxy groups -OCH3 is 1. The summed E-state index contributed by atoms with van der Waals surface area (Å²) < 4.78 is 13.2. The molecule has 1 aromatic carbocycles. The Bertz CT molecular complexity index is 574. The van der Waals surface area contributed by atoms with Crippen molar-refractivity contribution in [1.29, 1.82) is 0 Å². The van der Waals surface area contributed by atoms with Gasteiger partial charge in [-0.1, -0.05) is 12.1 Å². The zero-order valence-electron chi connectivity index (χ0n) is 10.7. The van der Waals surface area contributed by atoms with Gasteiger partial charge in [-0.3, -0.25) is 0 Å². The second-order valence-corrected chi connectivity index (χ2v) is 4.54. The van der Waals surface area contributed by atoms with Crippen molar-refractivity contribution in [2.24, 2.45) is 0 Å². The zero-order chi connectivity index (χ0) is 13.0. The number of aromatic nitrogens is 2. The van der Waals surface area contributed by atoms with Gasteiger partial charge in [0.15, 0.2) is 4.77 Å². The molecule has 0 spiro atoms. The largest absolute Gasteiger partial charge is 0.382 e. The van der Waals surface area contributed by atoms with Crippen molar-refractivity contribution in [1.82, 2.24) is 9.55 Å². The van der Waals surface area contributed by atoms with Crippen molar-refractivity contribution in [3.8, 4) is 0 Å². The summed E-state index contributed by atoms with van der Waals surface area (Å²) in [6.45, 7) is 4.71. The number of para-hydroxylation sites is 1. The van der Waals surface area contributed by atoms with Crippen LogP contribution in [-0.4, -0.2) is 36.5 Å². The molecule has 0 saturated carbocycles. The van der Waals surface area contributed by atoms with Crippen molar-refractivity contribution in [2.45, 2.75) is 13.5 Å². The second-order valence-electron chi connectivity index (χ2n) is 4.16. The van der Waals surface area contributed by atoms with Crippen molar-refractivity contribution in [3.05, 3.63) is 28.5 Å². The number of hydrogen-bond donors (Lipinski definition) is 1. The number of rotatable bonds is 6. The smallest absolute Gasteiger partial charge is 0.178 e. The fraction of sp³-hybridized carbons (Fsp3) is 0.462. The topological polar surface area (TPSA) is 39.2 Å². The van der Waals surface area contributed by atoms with Crippen LogP contribution in [0.15, 0.2) is 18.2 Å². The molecule has 0 radical (unpaired) electrons. The quantitative estimate of drug-likeness (QED) is 0.645. The molecule has 0 atom stereocenters. The van der Waals surface area contributed by atoms with E-state index in [1.54, 1.807) is 7.11 Å². The van der Waals surface area contributed by atoms with Crippen LogP contribution in [0.3, 0.4) is 0 Å². The summed E-state index contributed by atoms with van der Waals surface area (Å²) >= 11 is 5.34. The standard InChI is InChI=1S/C13H18N2O2S/c1-10-4-3-5-11-12(10)14-13(18)15(11)6-7-17-9-8-16-2/h3-5H,6-9H2,1-2H3,(H,14,18). The lowest BCUT2D eigenvalue weighted by molar-refractivity contribution is 0.0668. The molecule has 1 aromatic heterocycles. The van der Waals surface area contributed by atoms with E-state index in [9.17, 15) is 0 Å². The summed E-state index contributed by atoms with van der Waals surface area (Å²) in [6.07, 6.45) is 0. The first-order chi connectivity index (χ1) is 8.74. The molecule has 0 amide bonds. The van der Waals surface area contributed by atoms with Gasteiger partial charge >= 0.3 is 0 Å². The maximum Gasteiger partial charge on any atom is 0.178 e. The van der Waals surface area contributed by atoms with Gasteiger partial charge in [0, 0.05) is 13.7 Å². The minimum atomic E-state index is 0.616. The maximum absolute atomic E-state index is 5.48. The number of imidazole rings is 1. The molecule has 0 unspecified atom stereocenters. The fourth-order valence-corrected chi connectivity index (χ4v) is 2.24. The molecular formula is C13H18N2O2S. The highest BCUT2D eigenvalue weighted by atomic mass is 32.1. The molecule has 4 nitrogen and oxygen atoms in total. The van der Waals surface area contributed by atoms with Crippen LogP contribution >= 0.6 is 12.2 Å². The van der Waals surface area contributed by atoms with Crippen LogP contribution in [0.1, 0.15) is 5.56 Å². The lowest BCUT2D eigenvalue weighted by atomic mass is 10.2. The summed E-state index contributed by atoms with van der Waals surface area (Å²) in [7, 11) is 1.67. The van der Waals surface area contributed by atoms with Crippen LogP contribution in [-0.2, 0) is 16.0 Å². The highest BCUT2D eigenvalue weighted by Gasteiger charge is 2.05. The average Bonchev–Trinajstić information content (AvgIpc) is 2.68. The molecule has 0 aliphatic rings. The SMILES string of the molecule is COCCOCCn1c(=S)[nH]c2c(C)cccc21. The minimum absolute atomic E-state index is 0.616. The second kappa shape index (κ2) is 6.13. The van der Waals surface area contributed by atoms with Gasteiger partial charge in [0.05, 0.1) is 30.9 Å². The first kappa shape index (κ1) is 13.3. The molecule has 2 aromatic rings. The zero-order valence-corrected chi connectivity index (χ0v) is 11.5. The average molecular weight is 266 g/mol. The van der Waals surface area contributed by atoms with E-state index in [4.69, 9.17) is 21.7 Å². The number of ether oxygens (including phenoxy) is 2. The monoisotopic (exact) mass is 266 g/mol. The molecule has 5 heteroatoms. The van der Waals surface area contributed by atoms with Crippen molar-refractivity contribution < 1.29 is 9.47 Å². The lowest BCUT2D eigenvalue weighted by Gasteiger charge is -2.06. The van der Waals surface area contributed by atoms with Crippen molar-refractivity contribution >= 4 is 23.3 Å². The lowest BCUT2D eigenvalue weighted by Crippen LogP contribution is -2.09. The van der Waals surface area contributed by atoms with Gasteiger partial charge in [-0.15, -0.1) is 0 Å². The van der Waals surface area contributed by atoms with E-state index in [-0.39, 0.29) is 0 Å². The van der Waals surface area contributed by atoms with Crippen LogP contribution in [0, 0.1) is 11.7 Å². The predicted octanol–water partition coefficient (Wildman–Crippen LogP) is 2.67. The van der Waals surface area contributed by atoms with E-state index >= 15 is 0 Å². The van der Waals surface area contributed by atoms with Crippen LogP contribution in [0.5, 0.6) is 0 Å². The van der Waals surface area contributed by atoms with Gasteiger partial charge in [0.25, 0.3) is 0 Å². The van der Waals surface area contributed by atoms with E-state index in [0.29, 0.717) is 19.8 Å². The molecular weight excluding hydrogens is 248 g/mol. The Morgan fingerprint density at radius 3 is 2.89 bits per heavy atom.